The summed E-state index contributed by atoms with van der Waals surface area (Å²) in [4.78, 5) is 11.6. The number of amides is 1. The van der Waals surface area contributed by atoms with Gasteiger partial charge in [-0.15, -0.1) is 0 Å². The molecule has 1 fully saturated rings. The second-order valence-corrected chi connectivity index (χ2v) is 10.5. The Balaban J connectivity index is 1.97. The molecular formula is C17H14ClF3N2O5S2. The van der Waals surface area contributed by atoms with E-state index >= 15 is 0 Å². The normalized spacial score (nSPS) is 16.7. The Morgan fingerprint density at radius 1 is 1.13 bits per heavy atom. The first-order valence-corrected chi connectivity index (χ1v) is 11.8. The summed E-state index contributed by atoms with van der Waals surface area (Å²) in [6.07, 6.45) is -4.88. The van der Waals surface area contributed by atoms with Crippen LogP contribution < -0.4 is 9.03 Å². The zero-order valence-corrected chi connectivity index (χ0v) is 17.6. The van der Waals surface area contributed by atoms with Crippen molar-refractivity contribution < 1.29 is 34.8 Å². The predicted molar refractivity (Wildman–Crippen MR) is 104 cm³/mol. The van der Waals surface area contributed by atoms with E-state index < -0.39 is 43.4 Å². The van der Waals surface area contributed by atoms with Crippen LogP contribution >= 0.6 is 11.6 Å². The number of hydrogen-bond donors (Lipinski definition) is 1. The van der Waals surface area contributed by atoms with E-state index in [0.717, 1.165) is 18.2 Å². The van der Waals surface area contributed by atoms with Gasteiger partial charge in [-0.2, -0.15) is 13.2 Å². The molecule has 0 atom stereocenters. The number of nitrogens with zero attached hydrogens (tertiary/aromatic N) is 1. The number of carbonyl (C=O) groups is 1. The predicted octanol–water partition coefficient (Wildman–Crippen LogP) is 3.53. The van der Waals surface area contributed by atoms with Gasteiger partial charge < -0.3 is 0 Å². The number of carbonyl (C=O) groups excluding carboxylic acids is 1. The van der Waals surface area contributed by atoms with E-state index in [0.29, 0.717) is 16.4 Å². The maximum Gasteiger partial charge on any atom is 0.416 e. The van der Waals surface area contributed by atoms with E-state index in [1.807, 2.05) is 4.72 Å². The molecule has 1 saturated heterocycles. The highest BCUT2D eigenvalue weighted by atomic mass is 35.5. The molecule has 2 aromatic carbocycles. The van der Waals surface area contributed by atoms with Gasteiger partial charge >= 0.3 is 6.18 Å². The van der Waals surface area contributed by atoms with Crippen molar-refractivity contribution in [1.82, 2.24) is 0 Å². The SMILES string of the molecule is Cc1cc(N2C(=O)CCS2(=O)=O)ccc1S(=O)(=O)Nc1cc(C(F)(F)F)ccc1Cl. The summed E-state index contributed by atoms with van der Waals surface area (Å²) in [6.45, 7) is 1.36. The summed E-state index contributed by atoms with van der Waals surface area (Å²) < 4.78 is 90.8. The molecule has 30 heavy (non-hydrogen) atoms. The van der Waals surface area contributed by atoms with Crippen molar-refractivity contribution in [3.63, 3.8) is 0 Å². The van der Waals surface area contributed by atoms with Crippen LogP contribution in [0.3, 0.4) is 0 Å². The summed E-state index contributed by atoms with van der Waals surface area (Å²) in [7, 11) is -8.20. The number of hydrogen-bond acceptors (Lipinski definition) is 5. The van der Waals surface area contributed by atoms with Gasteiger partial charge in [0.25, 0.3) is 10.0 Å². The first-order valence-electron chi connectivity index (χ1n) is 8.28. The number of anilines is 2. The molecule has 1 aliphatic heterocycles. The highest BCUT2D eigenvalue weighted by Gasteiger charge is 2.37. The number of halogens is 4. The maximum absolute atomic E-state index is 12.9. The van der Waals surface area contributed by atoms with Gasteiger partial charge in [-0.1, -0.05) is 11.6 Å². The van der Waals surface area contributed by atoms with Crippen molar-refractivity contribution in [2.24, 2.45) is 0 Å². The van der Waals surface area contributed by atoms with Gasteiger partial charge in [0.1, 0.15) is 0 Å². The number of nitrogens with one attached hydrogen (secondary N) is 1. The van der Waals surface area contributed by atoms with Crippen LogP contribution in [0.2, 0.25) is 5.02 Å². The van der Waals surface area contributed by atoms with Gasteiger partial charge in [-0.3, -0.25) is 9.52 Å². The van der Waals surface area contributed by atoms with Crippen LogP contribution in [0.1, 0.15) is 17.5 Å². The fraction of sp³-hybridized carbons (Fsp3) is 0.235. The van der Waals surface area contributed by atoms with Crippen LogP contribution in [0.4, 0.5) is 24.5 Å². The highest BCUT2D eigenvalue weighted by molar-refractivity contribution is 7.94. The van der Waals surface area contributed by atoms with E-state index in [-0.39, 0.29) is 33.3 Å². The monoisotopic (exact) mass is 482 g/mol. The molecule has 0 bridgehead atoms. The van der Waals surface area contributed by atoms with Gasteiger partial charge in [0.15, 0.2) is 0 Å². The first-order chi connectivity index (χ1) is 13.7. The number of benzene rings is 2. The Bertz CT molecular complexity index is 1240. The molecule has 0 saturated carbocycles. The molecule has 1 aliphatic rings. The van der Waals surface area contributed by atoms with Crippen molar-refractivity contribution in [3.05, 3.63) is 52.5 Å². The topological polar surface area (TPSA) is 101 Å². The van der Waals surface area contributed by atoms with Crippen molar-refractivity contribution in [2.45, 2.75) is 24.4 Å². The van der Waals surface area contributed by atoms with Gasteiger partial charge in [0.05, 0.1) is 32.6 Å². The molecule has 1 N–H and O–H groups in total. The van der Waals surface area contributed by atoms with Gasteiger partial charge in [-0.25, -0.2) is 21.1 Å². The molecule has 7 nitrogen and oxygen atoms in total. The standard InChI is InChI=1S/C17H14ClF3N2O5S2/c1-10-8-12(23-16(24)6-7-29(23,25)26)3-5-15(10)30(27,28)22-14-9-11(17(19,20)21)2-4-13(14)18/h2-5,8-9,22H,6-7H2,1H3. The van der Waals surface area contributed by atoms with Gasteiger partial charge in [0, 0.05) is 6.42 Å². The Morgan fingerprint density at radius 2 is 1.80 bits per heavy atom. The lowest BCUT2D eigenvalue weighted by Gasteiger charge is -2.18. The molecule has 2 aromatic rings. The molecule has 0 aromatic heterocycles. The van der Waals surface area contributed by atoms with Crippen molar-refractivity contribution in [3.8, 4) is 0 Å². The van der Waals surface area contributed by atoms with Crippen molar-refractivity contribution >= 4 is 48.9 Å². The van der Waals surface area contributed by atoms with Crippen LogP contribution in [0.25, 0.3) is 0 Å². The lowest BCUT2D eigenvalue weighted by atomic mass is 10.2. The first kappa shape index (κ1) is 22.4. The van der Waals surface area contributed by atoms with E-state index in [1.165, 1.54) is 13.0 Å². The van der Waals surface area contributed by atoms with Gasteiger partial charge in [-0.05, 0) is 48.9 Å². The second-order valence-electron chi connectivity index (χ2n) is 6.47. The molecule has 1 amide bonds. The smallest absolute Gasteiger partial charge is 0.278 e. The highest BCUT2D eigenvalue weighted by Crippen LogP contribution is 2.35. The summed E-state index contributed by atoms with van der Waals surface area (Å²) >= 11 is 5.83. The zero-order chi connectivity index (χ0) is 22.5. The van der Waals surface area contributed by atoms with E-state index in [4.69, 9.17) is 11.6 Å². The minimum absolute atomic E-state index is 0.0222. The van der Waals surface area contributed by atoms with Crippen LogP contribution in [0, 0.1) is 6.92 Å². The Labute approximate surface area is 175 Å². The lowest BCUT2D eigenvalue weighted by Crippen LogP contribution is -2.29. The molecule has 0 radical (unpaired) electrons. The Hall–Kier alpha value is -2.31. The van der Waals surface area contributed by atoms with Crippen LogP contribution in [0.5, 0.6) is 0 Å². The van der Waals surface area contributed by atoms with E-state index in [9.17, 15) is 34.8 Å². The molecule has 0 spiro atoms. The zero-order valence-electron chi connectivity index (χ0n) is 15.2. The Morgan fingerprint density at radius 3 is 2.33 bits per heavy atom. The summed E-state index contributed by atoms with van der Waals surface area (Å²) in [6, 6.07) is 5.60. The summed E-state index contributed by atoms with van der Waals surface area (Å²) in [5, 5.41) is -0.241. The molecule has 1 heterocycles. The van der Waals surface area contributed by atoms with Gasteiger partial charge in [0.2, 0.25) is 15.9 Å². The Kier molecular flexibility index (Phi) is 5.54. The summed E-state index contributed by atoms with van der Waals surface area (Å²) in [5.41, 5.74) is -1.49. The second kappa shape index (κ2) is 7.43. The fourth-order valence-electron chi connectivity index (χ4n) is 2.91. The van der Waals surface area contributed by atoms with E-state index in [1.54, 1.807) is 0 Å². The van der Waals surface area contributed by atoms with E-state index in [2.05, 4.69) is 0 Å². The number of aryl methyl sites for hydroxylation is 1. The fourth-order valence-corrected chi connectivity index (χ4v) is 5.88. The average molecular weight is 483 g/mol. The molecule has 0 unspecified atom stereocenters. The average Bonchev–Trinajstić information content (AvgIpc) is 2.88. The molecular weight excluding hydrogens is 469 g/mol. The molecule has 13 heteroatoms. The quantitative estimate of drug-likeness (QED) is 0.718. The van der Waals surface area contributed by atoms with Crippen LogP contribution in [-0.2, 0) is 31.0 Å². The van der Waals surface area contributed by atoms with Crippen molar-refractivity contribution in [1.29, 1.82) is 0 Å². The molecule has 162 valence electrons. The van der Waals surface area contributed by atoms with Crippen molar-refractivity contribution in [2.75, 3.05) is 14.8 Å². The number of alkyl halides is 3. The van der Waals surface area contributed by atoms with Crippen LogP contribution in [0.15, 0.2) is 41.3 Å². The third-order valence-electron chi connectivity index (χ3n) is 4.30. The lowest BCUT2D eigenvalue weighted by molar-refractivity contribution is -0.137. The third-order valence-corrected chi connectivity index (χ3v) is 7.85. The third kappa shape index (κ3) is 4.25. The molecule has 0 aliphatic carbocycles. The summed E-state index contributed by atoms with van der Waals surface area (Å²) in [5.74, 6) is -0.987. The minimum Gasteiger partial charge on any atom is -0.278 e. The molecule has 3 rings (SSSR count). The largest absolute Gasteiger partial charge is 0.416 e. The number of sulfonamides is 2. The van der Waals surface area contributed by atoms with Crippen LogP contribution in [-0.4, -0.2) is 28.5 Å². The minimum atomic E-state index is -4.70. The maximum atomic E-state index is 12.9. The number of rotatable bonds is 4.